The number of halogens is 1. The van der Waals surface area contributed by atoms with Gasteiger partial charge in [0.15, 0.2) is 10.9 Å². The summed E-state index contributed by atoms with van der Waals surface area (Å²) in [5.41, 5.74) is 0.579. The standard InChI is InChI=1S/C10H12ClN3O3S.C2H6/c1-2-17-10(16)14-9(18)13-8-7(11)3-6(5-15)4-12-8;1-2/h3-4,15H,2,5H2,1H3,(H2,12,13,14,16,18);1-2H3. The Morgan fingerprint density at radius 3 is 2.70 bits per heavy atom. The van der Waals surface area contributed by atoms with Gasteiger partial charge in [-0.05, 0) is 30.8 Å². The molecule has 1 rings (SSSR count). The van der Waals surface area contributed by atoms with E-state index in [9.17, 15) is 4.79 Å². The zero-order valence-electron chi connectivity index (χ0n) is 11.6. The minimum atomic E-state index is -0.655. The smallest absolute Gasteiger partial charge is 0.413 e. The number of aromatic nitrogens is 1. The van der Waals surface area contributed by atoms with E-state index in [1.54, 1.807) is 13.0 Å². The first-order chi connectivity index (χ1) is 9.56. The molecule has 8 heteroatoms. The van der Waals surface area contributed by atoms with Crippen molar-refractivity contribution in [3.8, 4) is 0 Å². The van der Waals surface area contributed by atoms with Crippen molar-refractivity contribution < 1.29 is 14.6 Å². The van der Waals surface area contributed by atoms with E-state index in [2.05, 4.69) is 20.4 Å². The van der Waals surface area contributed by atoms with Gasteiger partial charge in [0.2, 0.25) is 0 Å². The van der Waals surface area contributed by atoms with Crippen LogP contribution < -0.4 is 10.6 Å². The Morgan fingerprint density at radius 2 is 2.20 bits per heavy atom. The highest BCUT2D eigenvalue weighted by molar-refractivity contribution is 7.80. The van der Waals surface area contributed by atoms with E-state index < -0.39 is 6.09 Å². The quantitative estimate of drug-likeness (QED) is 0.743. The zero-order valence-corrected chi connectivity index (χ0v) is 13.1. The molecule has 1 heterocycles. The Kier molecular flexibility index (Phi) is 9.61. The zero-order chi connectivity index (χ0) is 15.5. The van der Waals surface area contributed by atoms with Gasteiger partial charge in [-0.2, -0.15) is 0 Å². The van der Waals surface area contributed by atoms with Gasteiger partial charge in [-0.25, -0.2) is 9.78 Å². The van der Waals surface area contributed by atoms with Gasteiger partial charge in [0.1, 0.15) is 0 Å². The Balaban J connectivity index is 0.00000172. The van der Waals surface area contributed by atoms with Crippen molar-refractivity contribution in [1.29, 1.82) is 0 Å². The molecule has 0 aromatic carbocycles. The predicted molar refractivity (Wildman–Crippen MR) is 82.9 cm³/mol. The van der Waals surface area contributed by atoms with Crippen molar-refractivity contribution in [2.24, 2.45) is 0 Å². The first kappa shape index (κ1) is 18.6. The third-order valence-electron chi connectivity index (χ3n) is 1.80. The fourth-order valence-electron chi connectivity index (χ4n) is 1.05. The summed E-state index contributed by atoms with van der Waals surface area (Å²) >= 11 is 10.8. The van der Waals surface area contributed by atoms with Crippen LogP contribution in [0.5, 0.6) is 0 Å². The number of amides is 1. The van der Waals surface area contributed by atoms with Crippen LogP contribution in [0.3, 0.4) is 0 Å². The predicted octanol–water partition coefficient (Wildman–Crippen LogP) is 2.70. The summed E-state index contributed by atoms with van der Waals surface area (Å²) in [7, 11) is 0. The van der Waals surface area contributed by atoms with Crippen LogP contribution in [0.1, 0.15) is 26.3 Å². The molecule has 0 aliphatic rings. The van der Waals surface area contributed by atoms with E-state index >= 15 is 0 Å². The number of pyridine rings is 1. The molecule has 1 aromatic heterocycles. The van der Waals surface area contributed by atoms with Crippen molar-refractivity contribution in [3.05, 3.63) is 22.8 Å². The molecular formula is C12H18ClN3O3S. The number of carbonyl (C=O) groups excluding carboxylic acids is 1. The van der Waals surface area contributed by atoms with E-state index in [-0.39, 0.29) is 29.2 Å². The van der Waals surface area contributed by atoms with E-state index in [1.165, 1.54) is 6.20 Å². The summed E-state index contributed by atoms with van der Waals surface area (Å²) in [5.74, 6) is 0.288. The van der Waals surface area contributed by atoms with Gasteiger partial charge in [-0.15, -0.1) is 0 Å². The molecule has 20 heavy (non-hydrogen) atoms. The third-order valence-corrected chi connectivity index (χ3v) is 2.30. The second kappa shape index (κ2) is 10.4. The number of alkyl carbamates (subject to hydrolysis) is 1. The second-order valence-corrected chi connectivity index (χ2v) is 3.95. The lowest BCUT2D eigenvalue weighted by Crippen LogP contribution is -2.34. The summed E-state index contributed by atoms with van der Waals surface area (Å²) in [4.78, 5) is 15.0. The molecule has 6 nitrogen and oxygen atoms in total. The summed E-state index contributed by atoms with van der Waals surface area (Å²) in [6.07, 6.45) is 0.791. The van der Waals surface area contributed by atoms with Crippen molar-refractivity contribution >= 4 is 40.8 Å². The molecule has 112 valence electrons. The van der Waals surface area contributed by atoms with E-state index in [1.807, 2.05) is 13.8 Å². The Morgan fingerprint density at radius 1 is 1.55 bits per heavy atom. The van der Waals surface area contributed by atoms with E-state index in [0.717, 1.165) is 0 Å². The molecule has 0 bridgehead atoms. The van der Waals surface area contributed by atoms with Crippen LogP contribution in [0.15, 0.2) is 12.3 Å². The fraction of sp³-hybridized carbons (Fsp3) is 0.417. The number of aliphatic hydroxyl groups excluding tert-OH is 1. The number of ether oxygens (including phenoxy) is 1. The van der Waals surface area contributed by atoms with Crippen molar-refractivity contribution in [2.45, 2.75) is 27.4 Å². The third kappa shape index (κ3) is 6.65. The van der Waals surface area contributed by atoms with Gasteiger partial charge < -0.3 is 15.2 Å². The van der Waals surface area contributed by atoms with Crippen LogP contribution in [-0.2, 0) is 11.3 Å². The first-order valence-electron chi connectivity index (χ1n) is 6.06. The summed E-state index contributed by atoms with van der Waals surface area (Å²) in [6.45, 7) is 5.78. The summed E-state index contributed by atoms with van der Waals surface area (Å²) in [5, 5.41) is 14.2. The number of hydrogen-bond acceptors (Lipinski definition) is 5. The highest BCUT2D eigenvalue weighted by Crippen LogP contribution is 2.19. The molecule has 1 aromatic rings. The lowest BCUT2D eigenvalue weighted by molar-refractivity contribution is 0.158. The number of nitrogens with one attached hydrogen (secondary N) is 2. The van der Waals surface area contributed by atoms with Crippen molar-refractivity contribution in [2.75, 3.05) is 11.9 Å². The number of rotatable bonds is 3. The minimum absolute atomic E-state index is 0.0274. The van der Waals surface area contributed by atoms with Crippen LogP contribution in [0.4, 0.5) is 10.6 Å². The van der Waals surface area contributed by atoms with Crippen molar-refractivity contribution in [3.63, 3.8) is 0 Å². The van der Waals surface area contributed by atoms with Gasteiger partial charge >= 0.3 is 6.09 Å². The number of nitrogens with zero attached hydrogens (tertiary/aromatic N) is 1. The van der Waals surface area contributed by atoms with E-state index in [0.29, 0.717) is 5.56 Å². The maximum absolute atomic E-state index is 11.1. The number of thiocarbonyl (C=S) groups is 1. The van der Waals surface area contributed by atoms with Gasteiger partial charge in [0.25, 0.3) is 0 Å². The monoisotopic (exact) mass is 319 g/mol. The summed E-state index contributed by atoms with van der Waals surface area (Å²) < 4.78 is 4.65. The van der Waals surface area contributed by atoms with Gasteiger partial charge in [0, 0.05) is 6.20 Å². The van der Waals surface area contributed by atoms with Crippen LogP contribution in [0.25, 0.3) is 0 Å². The Labute approximate surface area is 128 Å². The molecule has 0 radical (unpaired) electrons. The number of aliphatic hydroxyl groups is 1. The average Bonchev–Trinajstić information content (AvgIpc) is 2.43. The van der Waals surface area contributed by atoms with Crippen molar-refractivity contribution in [1.82, 2.24) is 10.3 Å². The maximum Gasteiger partial charge on any atom is 0.413 e. The fourth-order valence-corrected chi connectivity index (χ4v) is 1.47. The Bertz CT molecular complexity index is 458. The molecule has 0 spiro atoms. The molecule has 0 saturated heterocycles. The molecule has 1 amide bonds. The molecule has 0 atom stereocenters. The molecule has 0 fully saturated rings. The van der Waals surface area contributed by atoms with Gasteiger partial charge in [-0.3, -0.25) is 5.32 Å². The normalized spacial score (nSPS) is 9.05. The molecule has 3 N–H and O–H groups in total. The minimum Gasteiger partial charge on any atom is -0.450 e. The highest BCUT2D eigenvalue weighted by atomic mass is 35.5. The van der Waals surface area contributed by atoms with Crippen LogP contribution >= 0.6 is 23.8 Å². The SMILES string of the molecule is CC.CCOC(=O)NC(=S)Nc1ncc(CO)cc1Cl. The second-order valence-electron chi connectivity index (χ2n) is 3.13. The number of hydrogen-bond donors (Lipinski definition) is 3. The molecule has 0 aliphatic heterocycles. The number of carbonyl (C=O) groups is 1. The molecule has 0 saturated carbocycles. The molecular weight excluding hydrogens is 302 g/mol. The van der Waals surface area contributed by atoms with E-state index in [4.69, 9.17) is 28.9 Å². The first-order valence-corrected chi connectivity index (χ1v) is 6.85. The maximum atomic E-state index is 11.1. The van der Waals surface area contributed by atoms with Gasteiger partial charge in [0.05, 0.1) is 18.2 Å². The van der Waals surface area contributed by atoms with Crippen LogP contribution in [0.2, 0.25) is 5.02 Å². The largest absolute Gasteiger partial charge is 0.450 e. The number of anilines is 1. The molecule has 0 unspecified atom stereocenters. The van der Waals surface area contributed by atoms with Crippen LogP contribution in [-0.4, -0.2) is 27.9 Å². The lowest BCUT2D eigenvalue weighted by atomic mass is 10.3. The topological polar surface area (TPSA) is 83.5 Å². The Hall–Kier alpha value is -1.44. The lowest BCUT2D eigenvalue weighted by Gasteiger charge is -2.10. The highest BCUT2D eigenvalue weighted by Gasteiger charge is 2.08. The van der Waals surface area contributed by atoms with Gasteiger partial charge in [-0.1, -0.05) is 25.4 Å². The van der Waals surface area contributed by atoms with Crippen LogP contribution in [0, 0.1) is 0 Å². The average molecular weight is 320 g/mol. The summed E-state index contributed by atoms with van der Waals surface area (Å²) in [6, 6.07) is 1.55. The molecule has 0 aliphatic carbocycles.